The molecule has 4 rings (SSSR count). The van der Waals surface area contributed by atoms with E-state index < -0.39 is 5.91 Å². The van der Waals surface area contributed by atoms with E-state index in [2.05, 4.69) is 20.4 Å². The van der Waals surface area contributed by atoms with Crippen LogP contribution in [0.3, 0.4) is 0 Å². The third-order valence-electron chi connectivity index (χ3n) is 4.66. The highest BCUT2D eigenvalue weighted by molar-refractivity contribution is 5.95. The van der Waals surface area contributed by atoms with Crippen LogP contribution in [0.15, 0.2) is 12.5 Å². The maximum atomic E-state index is 11.9. The third kappa shape index (κ3) is 2.56. The maximum absolute atomic E-state index is 11.9. The average Bonchev–Trinajstić information content (AvgIpc) is 2.97. The van der Waals surface area contributed by atoms with Gasteiger partial charge in [-0.15, -0.1) is 12.4 Å². The molecule has 2 aromatic rings. The fourth-order valence-corrected chi connectivity index (χ4v) is 3.59. The fourth-order valence-electron chi connectivity index (χ4n) is 3.59. The van der Waals surface area contributed by atoms with Gasteiger partial charge in [0, 0.05) is 23.4 Å². The second kappa shape index (κ2) is 6.46. The lowest BCUT2D eigenvalue weighted by atomic mass is 9.89. The zero-order chi connectivity index (χ0) is 16.0. The maximum Gasteiger partial charge on any atom is 0.269 e. The zero-order valence-electron chi connectivity index (χ0n) is 13.1. The van der Waals surface area contributed by atoms with Gasteiger partial charge in [0.05, 0.1) is 17.4 Å². The van der Waals surface area contributed by atoms with Gasteiger partial charge in [-0.3, -0.25) is 9.48 Å². The summed E-state index contributed by atoms with van der Waals surface area (Å²) in [6.45, 7) is 1.85. The van der Waals surface area contributed by atoms with Gasteiger partial charge in [-0.2, -0.15) is 5.10 Å². The number of hydrogen-bond donors (Lipinski definition) is 3. The highest BCUT2D eigenvalue weighted by Crippen LogP contribution is 2.40. The number of primary amides is 1. The van der Waals surface area contributed by atoms with E-state index in [4.69, 9.17) is 11.5 Å². The van der Waals surface area contributed by atoms with E-state index in [0.717, 1.165) is 48.4 Å². The van der Waals surface area contributed by atoms with E-state index in [1.54, 1.807) is 6.20 Å². The number of halogens is 1. The number of nitrogens with zero attached hydrogens (tertiary/aromatic N) is 4. The van der Waals surface area contributed by atoms with Gasteiger partial charge in [0.25, 0.3) is 5.91 Å². The van der Waals surface area contributed by atoms with Gasteiger partial charge in [-0.1, -0.05) is 0 Å². The van der Waals surface area contributed by atoms with Crippen molar-refractivity contribution in [3.05, 3.63) is 29.3 Å². The molecule has 24 heavy (non-hydrogen) atoms. The van der Waals surface area contributed by atoms with Gasteiger partial charge in [-0.25, -0.2) is 9.97 Å². The second-order valence-electron chi connectivity index (χ2n) is 6.11. The largest absolute Gasteiger partial charge is 0.364 e. The number of nitrogens with one attached hydrogen (secondary N) is 1. The fraction of sp³-hybridized carbons (Fsp3) is 0.467. The first-order chi connectivity index (χ1) is 11.2. The molecule has 0 bridgehead atoms. The molecule has 5 N–H and O–H groups in total. The lowest BCUT2D eigenvalue weighted by molar-refractivity contribution is 0.0993. The molecule has 1 aliphatic heterocycles. The summed E-state index contributed by atoms with van der Waals surface area (Å²) in [5.41, 5.74) is 15.5. The standard InChI is InChI=1S/C15H19N7O.ClH/c16-10-5-8-6-19-7-20-12(8)14-11(10)13(15(17)23)21-22(14)9-1-3-18-4-2-9;/h6-7,9-10,18H,1-5,16H2,(H2,17,23);1H. The molecule has 2 aliphatic rings. The summed E-state index contributed by atoms with van der Waals surface area (Å²) in [5, 5.41) is 7.88. The van der Waals surface area contributed by atoms with Crippen molar-refractivity contribution in [2.45, 2.75) is 31.3 Å². The second-order valence-corrected chi connectivity index (χ2v) is 6.11. The normalized spacial score (nSPS) is 20.0. The van der Waals surface area contributed by atoms with Crippen molar-refractivity contribution < 1.29 is 4.79 Å². The zero-order valence-corrected chi connectivity index (χ0v) is 13.9. The highest BCUT2D eigenvalue weighted by Gasteiger charge is 2.35. The van der Waals surface area contributed by atoms with Crippen LogP contribution in [0.1, 0.15) is 46.5 Å². The average molecular weight is 350 g/mol. The summed E-state index contributed by atoms with van der Waals surface area (Å²) in [6, 6.07) is -0.104. The Labute approximate surface area is 145 Å². The van der Waals surface area contributed by atoms with E-state index in [1.165, 1.54) is 6.33 Å². The minimum absolute atomic E-state index is 0. The van der Waals surface area contributed by atoms with E-state index in [0.29, 0.717) is 6.42 Å². The predicted molar refractivity (Wildman–Crippen MR) is 90.8 cm³/mol. The van der Waals surface area contributed by atoms with Gasteiger partial charge in [0.1, 0.15) is 6.33 Å². The molecule has 0 radical (unpaired) electrons. The summed E-state index contributed by atoms with van der Waals surface area (Å²) >= 11 is 0. The number of piperidine rings is 1. The van der Waals surface area contributed by atoms with Crippen LogP contribution in [0.25, 0.3) is 11.4 Å². The Morgan fingerprint density at radius 2 is 2.08 bits per heavy atom. The molecule has 1 saturated heterocycles. The van der Waals surface area contributed by atoms with Crippen LogP contribution in [-0.4, -0.2) is 38.7 Å². The van der Waals surface area contributed by atoms with Crippen LogP contribution >= 0.6 is 12.4 Å². The Hall–Kier alpha value is -2.03. The summed E-state index contributed by atoms with van der Waals surface area (Å²) in [7, 11) is 0. The molecular formula is C15H20ClN7O. The van der Waals surface area contributed by atoms with Crippen LogP contribution in [0, 0.1) is 0 Å². The number of nitrogens with two attached hydrogens (primary N) is 2. The van der Waals surface area contributed by atoms with E-state index in [-0.39, 0.29) is 30.2 Å². The molecule has 0 aromatic carbocycles. The van der Waals surface area contributed by atoms with Gasteiger partial charge >= 0.3 is 0 Å². The van der Waals surface area contributed by atoms with Crippen molar-refractivity contribution in [3.63, 3.8) is 0 Å². The molecule has 2 aromatic heterocycles. The smallest absolute Gasteiger partial charge is 0.269 e. The van der Waals surface area contributed by atoms with Crippen LogP contribution < -0.4 is 16.8 Å². The first kappa shape index (κ1) is 16.8. The molecule has 1 amide bonds. The van der Waals surface area contributed by atoms with E-state index >= 15 is 0 Å². The molecule has 1 atom stereocenters. The summed E-state index contributed by atoms with van der Waals surface area (Å²) in [6.07, 6.45) is 5.78. The van der Waals surface area contributed by atoms with E-state index in [9.17, 15) is 4.79 Å². The third-order valence-corrected chi connectivity index (χ3v) is 4.66. The monoisotopic (exact) mass is 349 g/mol. The topological polar surface area (TPSA) is 125 Å². The molecular weight excluding hydrogens is 330 g/mol. The Morgan fingerprint density at radius 3 is 2.79 bits per heavy atom. The number of rotatable bonds is 2. The molecule has 3 heterocycles. The number of fused-ring (bicyclic) bond motifs is 3. The molecule has 128 valence electrons. The Morgan fingerprint density at radius 1 is 1.33 bits per heavy atom. The van der Waals surface area contributed by atoms with Crippen LogP contribution in [0.5, 0.6) is 0 Å². The van der Waals surface area contributed by atoms with Crippen molar-refractivity contribution in [2.75, 3.05) is 13.1 Å². The Balaban J connectivity index is 0.00000169. The SMILES string of the molecule is Cl.NC(=O)c1nn(C2CCNCC2)c2c1C(N)Cc1cncnc1-2. The molecule has 1 aliphatic carbocycles. The lowest BCUT2D eigenvalue weighted by Gasteiger charge is -2.27. The van der Waals surface area contributed by atoms with Crippen LogP contribution in [0.4, 0.5) is 0 Å². The summed E-state index contributed by atoms with van der Waals surface area (Å²) in [5.74, 6) is -0.540. The van der Waals surface area contributed by atoms with Crippen LogP contribution in [0.2, 0.25) is 0 Å². The first-order valence-electron chi connectivity index (χ1n) is 7.84. The van der Waals surface area contributed by atoms with Gasteiger partial charge in [-0.05, 0) is 32.4 Å². The summed E-state index contributed by atoms with van der Waals surface area (Å²) in [4.78, 5) is 20.4. The van der Waals surface area contributed by atoms with Crippen molar-refractivity contribution in [3.8, 4) is 11.4 Å². The van der Waals surface area contributed by atoms with Gasteiger partial charge in [0.2, 0.25) is 0 Å². The van der Waals surface area contributed by atoms with Crippen molar-refractivity contribution in [1.82, 2.24) is 25.1 Å². The van der Waals surface area contributed by atoms with Crippen molar-refractivity contribution >= 4 is 18.3 Å². The van der Waals surface area contributed by atoms with Crippen molar-refractivity contribution in [1.29, 1.82) is 0 Å². The quantitative estimate of drug-likeness (QED) is 0.718. The van der Waals surface area contributed by atoms with E-state index in [1.807, 2.05) is 4.68 Å². The number of carbonyl (C=O) groups is 1. The highest BCUT2D eigenvalue weighted by atomic mass is 35.5. The Kier molecular flexibility index (Phi) is 4.53. The number of aromatic nitrogens is 4. The predicted octanol–water partition coefficient (Wildman–Crippen LogP) is 0.341. The molecule has 8 nitrogen and oxygen atoms in total. The van der Waals surface area contributed by atoms with Gasteiger partial charge < -0.3 is 16.8 Å². The van der Waals surface area contributed by atoms with Crippen LogP contribution in [-0.2, 0) is 6.42 Å². The minimum Gasteiger partial charge on any atom is -0.364 e. The Bertz CT molecular complexity index is 769. The number of amides is 1. The van der Waals surface area contributed by atoms with Crippen molar-refractivity contribution in [2.24, 2.45) is 11.5 Å². The molecule has 9 heteroatoms. The first-order valence-corrected chi connectivity index (χ1v) is 7.84. The number of carbonyl (C=O) groups excluding carboxylic acids is 1. The molecule has 1 fully saturated rings. The molecule has 1 unspecified atom stereocenters. The lowest BCUT2D eigenvalue weighted by Crippen LogP contribution is -2.30. The molecule has 0 saturated carbocycles. The molecule has 0 spiro atoms. The number of hydrogen-bond acceptors (Lipinski definition) is 6. The summed E-state index contributed by atoms with van der Waals surface area (Å²) < 4.78 is 1.92. The van der Waals surface area contributed by atoms with Gasteiger partial charge in [0.15, 0.2) is 5.69 Å². The minimum atomic E-state index is -0.540.